The van der Waals surface area contributed by atoms with E-state index in [1.807, 2.05) is 6.07 Å². The van der Waals surface area contributed by atoms with Gasteiger partial charge in [-0.2, -0.15) is 5.26 Å². The number of hydrogen-bond acceptors (Lipinski definition) is 3. The molecule has 0 amide bonds. The van der Waals surface area contributed by atoms with Crippen molar-refractivity contribution >= 4 is 0 Å². The van der Waals surface area contributed by atoms with Crippen LogP contribution in [-0.2, 0) is 12.8 Å². The molecule has 0 heterocycles. The Hall–Kier alpha value is -1.53. The lowest BCUT2D eigenvalue weighted by Gasteiger charge is -2.34. The van der Waals surface area contributed by atoms with Crippen molar-refractivity contribution in [1.82, 2.24) is 4.90 Å². The highest BCUT2D eigenvalue weighted by atomic mass is 16.3. The van der Waals surface area contributed by atoms with Gasteiger partial charge in [0.05, 0.1) is 6.07 Å². The van der Waals surface area contributed by atoms with Crippen LogP contribution < -0.4 is 0 Å². The van der Waals surface area contributed by atoms with Crippen LogP contribution in [0.25, 0.3) is 0 Å². The lowest BCUT2D eigenvalue weighted by molar-refractivity contribution is 0.183. The minimum Gasteiger partial charge on any atom is -0.508 e. The van der Waals surface area contributed by atoms with Crippen LogP contribution in [0.15, 0.2) is 18.2 Å². The van der Waals surface area contributed by atoms with Gasteiger partial charge in [-0.25, -0.2) is 0 Å². The standard InChI is InChI=1S/C16H22N2O/c1-2-10-18(11-4-9-17)14-7-8-15-13(12-14)5-3-6-16(15)19/h3,5-6,14,19H,2,4,7-8,10-12H2,1H3/t14-/m0/s1. The van der Waals surface area contributed by atoms with Gasteiger partial charge in [-0.05, 0) is 49.4 Å². The number of hydrogen-bond donors (Lipinski definition) is 1. The zero-order valence-electron chi connectivity index (χ0n) is 11.6. The van der Waals surface area contributed by atoms with Gasteiger partial charge in [-0.15, -0.1) is 0 Å². The van der Waals surface area contributed by atoms with Crippen LogP contribution in [0, 0.1) is 11.3 Å². The van der Waals surface area contributed by atoms with Gasteiger partial charge in [0.1, 0.15) is 5.75 Å². The minimum atomic E-state index is 0.440. The van der Waals surface area contributed by atoms with E-state index >= 15 is 0 Å². The van der Waals surface area contributed by atoms with Gasteiger partial charge >= 0.3 is 0 Å². The summed E-state index contributed by atoms with van der Waals surface area (Å²) in [6, 6.07) is 8.58. The normalized spacial score (nSPS) is 18.1. The van der Waals surface area contributed by atoms with E-state index in [9.17, 15) is 5.11 Å². The molecule has 2 rings (SSSR count). The largest absolute Gasteiger partial charge is 0.508 e. The molecule has 1 N–H and O–H groups in total. The average Bonchev–Trinajstić information content (AvgIpc) is 2.43. The minimum absolute atomic E-state index is 0.440. The predicted molar refractivity (Wildman–Crippen MR) is 76.0 cm³/mol. The van der Waals surface area contributed by atoms with E-state index in [2.05, 4.69) is 24.0 Å². The first-order valence-electron chi connectivity index (χ1n) is 7.17. The summed E-state index contributed by atoms with van der Waals surface area (Å²) in [5.74, 6) is 0.440. The van der Waals surface area contributed by atoms with E-state index in [1.165, 1.54) is 5.56 Å². The van der Waals surface area contributed by atoms with Crippen molar-refractivity contribution in [3.05, 3.63) is 29.3 Å². The molecule has 3 nitrogen and oxygen atoms in total. The number of nitriles is 1. The Morgan fingerprint density at radius 2 is 2.26 bits per heavy atom. The van der Waals surface area contributed by atoms with Gasteiger partial charge in [-0.3, -0.25) is 4.90 Å². The molecule has 0 unspecified atom stereocenters. The first kappa shape index (κ1) is 13.9. The fourth-order valence-electron chi connectivity index (χ4n) is 3.04. The summed E-state index contributed by atoms with van der Waals surface area (Å²) < 4.78 is 0. The number of benzene rings is 1. The van der Waals surface area contributed by atoms with E-state index in [1.54, 1.807) is 6.07 Å². The molecule has 1 aliphatic carbocycles. The number of phenols is 1. The van der Waals surface area contributed by atoms with Gasteiger partial charge in [0.25, 0.3) is 0 Å². The lowest BCUT2D eigenvalue weighted by atomic mass is 9.86. The van der Waals surface area contributed by atoms with E-state index < -0.39 is 0 Å². The van der Waals surface area contributed by atoms with Crippen molar-refractivity contribution in [2.24, 2.45) is 0 Å². The molecule has 0 aromatic heterocycles. The van der Waals surface area contributed by atoms with Crippen molar-refractivity contribution in [1.29, 1.82) is 5.26 Å². The first-order chi connectivity index (χ1) is 9.26. The van der Waals surface area contributed by atoms with Gasteiger partial charge in [0, 0.05) is 19.0 Å². The molecule has 0 aliphatic heterocycles. The SMILES string of the molecule is CCCN(CCC#N)[C@H]1CCc2c(O)cccc2C1. The molecule has 1 aliphatic rings. The molecule has 0 bridgehead atoms. The highest BCUT2D eigenvalue weighted by Gasteiger charge is 2.24. The predicted octanol–water partition coefficient (Wildman–Crippen LogP) is 2.88. The number of fused-ring (bicyclic) bond motifs is 1. The molecular weight excluding hydrogens is 236 g/mol. The Kier molecular flexibility index (Phi) is 4.81. The second-order valence-corrected chi connectivity index (χ2v) is 5.26. The van der Waals surface area contributed by atoms with Crippen LogP contribution in [-0.4, -0.2) is 29.1 Å². The number of rotatable bonds is 5. The van der Waals surface area contributed by atoms with Crippen molar-refractivity contribution < 1.29 is 5.11 Å². The van der Waals surface area contributed by atoms with Crippen molar-refractivity contribution in [2.75, 3.05) is 13.1 Å². The fraction of sp³-hybridized carbons (Fsp3) is 0.562. The maximum Gasteiger partial charge on any atom is 0.119 e. The van der Waals surface area contributed by atoms with Crippen LogP contribution >= 0.6 is 0 Å². The van der Waals surface area contributed by atoms with E-state index in [0.29, 0.717) is 18.2 Å². The Balaban J connectivity index is 2.08. The monoisotopic (exact) mass is 258 g/mol. The van der Waals surface area contributed by atoms with Gasteiger partial charge in [0.15, 0.2) is 0 Å². The molecule has 102 valence electrons. The van der Waals surface area contributed by atoms with Gasteiger partial charge in [-0.1, -0.05) is 19.1 Å². The smallest absolute Gasteiger partial charge is 0.119 e. The Labute approximate surface area is 115 Å². The molecule has 0 fully saturated rings. The van der Waals surface area contributed by atoms with Crippen LogP contribution in [0.4, 0.5) is 0 Å². The summed E-state index contributed by atoms with van der Waals surface area (Å²) in [5, 5.41) is 18.6. The zero-order valence-corrected chi connectivity index (χ0v) is 11.6. The summed E-state index contributed by atoms with van der Waals surface area (Å²) in [6.07, 6.45) is 4.74. The molecular formula is C16H22N2O. The quantitative estimate of drug-likeness (QED) is 0.883. The highest BCUT2D eigenvalue weighted by molar-refractivity contribution is 5.41. The van der Waals surface area contributed by atoms with Crippen LogP contribution in [0.5, 0.6) is 5.75 Å². The zero-order chi connectivity index (χ0) is 13.7. The maximum atomic E-state index is 9.87. The second-order valence-electron chi connectivity index (χ2n) is 5.26. The summed E-state index contributed by atoms with van der Waals surface area (Å²) in [6.45, 7) is 4.10. The van der Waals surface area contributed by atoms with Crippen LogP contribution in [0.2, 0.25) is 0 Å². The Morgan fingerprint density at radius 1 is 1.42 bits per heavy atom. The molecule has 0 spiro atoms. The molecule has 1 aromatic rings. The van der Waals surface area contributed by atoms with E-state index in [-0.39, 0.29) is 0 Å². The Morgan fingerprint density at radius 3 is 3.00 bits per heavy atom. The van der Waals surface area contributed by atoms with Crippen molar-refractivity contribution in [2.45, 2.75) is 45.1 Å². The molecule has 19 heavy (non-hydrogen) atoms. The third-order valence-corrected chi connectivity index (χ3v) is 3.97. The van der Waals surface area contributed by atoms with Crippen molar-refractivity contribution in [3.63, 3.8) is 0 Å². The second kappa shape index (κ2) is 6.58. The third kappa shape index (κ3) is 3.27. The molecule has 1 aromatic carbocycles. The number of phenolic OH excluding ortho intramolecular Hbond substituents is 1. The molecule has 0 saturated heterocycles. The van der Waals surface area contributed by atoms with Crippen LogP contribution in [0.1, 0.15) is 37.3 Å². The number of aromatic hydroxyl groups is 1. The fourth-order valence-corrected chi connectivity index (χ4v) is 3.04. The summed E-state index contributed by atoms with van der Waals surface area (Å²) in [7, 11) is 0. The topological polar surface area (TPSA) is 47.3 Å². The number of nitrogens with zero attached hydrogens (tertiary/aromatic N) is 2. The van der Waals surface area contributed by atoms with Gasteiger partial charge < -0.3 is 5.11 Å². The summed E-state index contributed by atoms with van der Waals surface area (Å²) >= 11 is 0. The maximum absolute atomic E-state index is 9.87. The molecule has 3 heteroatoms. The summed E-state index contributed by atoms with van der Waals surface area (Å²) in [5.41, 5.74) is 2.39. The highest BCUT2D eigenvalue weighted by Crippen LogP contribution is 2.30. The van der Waals surface area contributed by atoms with E-state index in [4.69, 9.17) is 5.26 Å². The summed E-state index contributed by atoms with van der Waals surface area (Å²) in [4.78, 5) is 2.44. The van der Waals surface area contributed by atoms with Gasteiger partial charge in [0.2, 0.25) is 0 Å². The lowest BCUT2D eigenvalue weighted by Crippen LogP contribution is -2.40. The van der Waals surface area contributed by atoms with Crippen LogP contribution in [0.3, 0.4) is 0 Å². The third-order valence-electron chi connectivity index (χ3n) is 3.97. The van der Waals surface area contributed by atoms with E-state index in [0.717, 1.165) is 44.3 Å². The van der Waals surface area contributed by atoms with Crippen molar-refractivity contribution in [3.8, 4) is 11.8 Å². The Bertz CT molecular complexity index is 464. The average molecular weight is 258 g/mol. The molecule has 1 atom stereocenters. The first-order valence-corrected chi connectivity index (χ1v) is 7.17. The molecule has 0 saturated carbocycles. The molecule has 0 radical (unpaired) electrons.